The lowest BCUT2D eigenvalue weighted by Crippen LogP contribution is -2.38. The van der Waals surface area contributed by atoms with Gasteiger partial charge in [-0.15, -0.1) is 0 Å². The molecular weight excluding hydrogens is 264 g/mol. The number of benzene rings is 1. The maximum Gasteiger partial charge on any atom is 0.227 e. The van der Waals surface area contributed by atoms with Crippen LogP contribution in [0.2, 0.25) is 0 Å². The number of anilines is 1. The van der Waals surface area contributed by atoms with Crippen molar-refractivity contribution < 1.29 is 9.59 Å². The second kappa shape index (κ2) is 5.88. The number of rotatable bonds is 3. The molecule has 2 aliphatic rings. The fourth-order valence-electron chi connectivity index (χ4n) is 3.32. The molecule has 1 saturated carbocycles. The lowest BCUT2D eigenvalue weighted by Gasteiger charge is -2.18. The van der Waals surface area contributed by atoms with Crippen LogP contribution in [0.3, 0.4) is 0 Å². The number of nitrogens with one attached hydrogen (secondary N) is 1. The van der Waals surface area contributed by atoms with Gasteiger partial charge in [0.25, 0.3) is 0 Å². The van der Waals surface area contributed by atoms with Gasteiger partial charge in [0.05, 0.1) is 5.92 Å². The number of nitrogens with zero attached hydrogens (tertiary/aromatic N) is 1. The van der Waals surface area contributed by atoms with Gasteiger partial charge in [-0.05, 0) is 37.5 Å². The SMILES string of the molecule is Cc1cccc(N2C[C@@H](C(=O)NC3CCCC3)CC2=O)c1. The lowest BCUT2D eigenvalue weighted by atomic mass is 10.1. The first-order valence-corrected chi connectivity index (χ1v) is 7.81. The summed E-state index contributed by atoms with van der Waals surface area (Å²) >= 11 is 0. The molecule has 4 heteroatoms. The molecule has 0 unspecified atom stereocenters. The standard InChI is InChI=1S/C17H22N2O2/c1-12-5-4-8-15(9-12)19-11-13(10-16(19)20)17(21)18-14-6-2-3-7-14/h4-5,8-9,13-14H,2-3,6-7,10-11H2,1H3,(H,18,21)/t13-/m0/s1. The van der Waals surface area contributed by atoms with Crippen molar-refractivity contribution in [2.45, 2.75) is 45.1 Å². The number of hydrogen-bond donors (Lipinski definition) is 1. The van der Waals surface area contributed by atoms with Crippen LogP contribution >= 0.6 is 0 Å². The summed E-state index contributed by atoms with van der Waals surface area (Å²) in [5.74, 6) is -0.115. The maximum absolute atomic E-state index is 12.3. The van der Waals surface area contributed by atoms with Gasteiger partial charge in [-0.3, -0.25) is 9.59 Å². The predicted molar refractivity (Wildman–Crippen MR) is 82.0 cm³/mol. The predicted octanol–water partition coefficient (Wildman–Crippen LogP) is 2.41. The molecule has 0 bridgehead atoms. The van der Waals surface area contributed by atoms with Crippen LogP contribution in [0.15, 0.2) is 24.3 Å². The number of amides is 2. The Hall–Kier alpha value is -1.84. The summed E-state index contributed by atoms with van der Waals surface area (Å²) in [4.78, 5) is 26.2. The van der Waals surface area contributed by atoms with Crippen molar-refractivity contribution in [3.05, 3.63) is 29.8 Å². The number of hydrogen-bond acceptors (Lipinski definition) is 2. The van der Waals surface area contributed by atoms with Gasteiger partial charge in [0.2, 0.25) is 11.8 Å². The summed E-state index contributed by atoms with van der Waals surface area (Å²) < 4.78 is 0. The van der Waals surface area contributed by atoms with Crippen LogP contribution in [0.4, 0.5) is 5.69 Å². The molecule has 2 amide bonds. The molecule has 1 N–H and O–H groups in total. The summed E-state index contributed by atoms with van der Waals surface area (Å²) in [6.07, 6.45) is 4.88. The van der Waals surface area contributed by atoms with E-state index >= 15 is 0 Å². The Bertz CT molecular complexity index is 549. The van der Waals surface area contributed by atoms with Crippen molar-refractivity contribution in [1.82, 2.24) is 5.32 Å². The zero-order valence-electron chi connectivity index (χ0n) is 12.5. The van der Waals surface area contributed by atoms with E-state index in [9.17, 15) is 9.59 Å². The summed E-state index contributed by atoms with van der Waals surface area (Å²) in [7, 11) is 0. The normalized spacial score (nSPS) is 22.8. The summed E-state index contributed by atoms with van der Waals surface area (Å²) in [5, 5.41) is 3.11. The van der Waals surface area contributed by atoms with Crippen molar-refractivity contribution in [2.24, 2.45) is 5.92 Å². The Kier molecular flexibility index (Phi) is 3.95. The van der Waals surface area contributed by atoms with E-state index in [2.05, 4.69) is 5.32 Å². The average molecular weight is 286 g/mol. The first-order valence-electron chi connectivity index (χ1n) is 7.81. The third-order valence-electron chi connectivity index (χ3n) is 4.51. The Morgan fingerprint density at radius 1 is 1.29 bits per heavy atom. The minimum Gasteiger partial charge on any atom is -0.353 e. The van der Waals surface area contributed by atoms with E-state index in [1.165, 1.54) is 12.8 Å². The maximum atomic E-state index is 12.3. The van der Waals surface area contributed by atoms with Gasteiger partial charge < -0.3 is 10.2 Å². The zero-order chi connectivity index (χ0) is 14.8. The number of carbonyl (C=O) groups excluding carboxylic acids is 2. The van der Waals surface area contributed by atoms with E-state index in [4.69, 9.17) is 0 Å². The fourth-order valence-corrected chi connectivity index (χ4v) is 3.32. The molecular formula is C17H22N2O2. The minimum absolute atomic E-state index is 0.0467. The van der Waals surface area contributed by atoms with Gasteiger partial charge in [-0.1, -0.05) is 25.0 Å². The Morgan fingerprint density at radius 3 is 2.76 bits per heavy atom. The molecule has 1 heterocycles. The smallest absolute Gasteiger partial charge is 0.227 e. The Morgan fingerprint density at radius 2 is 2.05 bits per heavy atom. The van der Waals surface area contributed by atoms with Gasteiger partial charge in [0.1, 0.15) is 0 Å². The van der Waals surface area contributed by atoms with Gasteiger partial charge in [-0.2, -0.15) is 0 Å². The summed E-state index contributed by atoms with van der Waals surface area (Å²) in [5.41, 5.74) is 2.02. The van der Waals surface area contributed by atoms with Crippen molar-refractivity contribution >= 4 is 17.5 Å². The van der Waals surface area contributed by atoms with E-state index in [-0.39, 0.29) is 17.7 Å². The Balaban J connectivity index is 1.65. The third-order valence-corrected chi connectivity index (χ3v) is 4.51. The van der Waals surface area contributed by atoms with Crippen molar-refractivity contribution in [3.63, 3.8) is 0 Å². The summed E-state index contributed by atoms with van der Waals surface area (Å²) in [6, 6.07) is 8.20. The van der Waals surface area contributed by atoms with Crippen molar-refractivity contribution in [1.29, 1.82) is 0 Å². The van der Waals surface area contributed by atoms with Crippen LogP contribution < -0.4 is 10.2 Å². The van der Waals surface area contributed by atoms with E-state index < -0.39 is 0 Å². The minimum atomic E-state index is -0.210. The van der Waals surface area contributed by atoms with Crippen LogP contribution in [-0.4, -0.2) is 24.4 Å². The highest BCUT2D eigenvalue weighted by molar-refractivity contribution is 6.00. The van der Waals surface area contributed by atoms with Gasteiger partial charge >= 0.3 is 0 Å². The highest BCUT2D eigenvalue weighted by Gasteiger charge is 2.36. The molecule has 4 nitrogen and oxygen atoms in total. The van der Waals surface area contributed by atoms with Gasteiger partial charge in [-0.25, -0.2) is 0 Å². The van der Waals surface area contributed by atoms with Crippen LogP contribution in [0, 0.1) is 12.8 Å². The Labute approximate surface area is 125 Å². The molecule has 1 aromatic carbocycles. The first-order chi connectivity index (χ1) is 10.1. The third kappa shape index (κ3) is 3.09. The van der Waals surface area contributed by atoms with E-state index in [0.29, 0.717) is 19.0 Å². The largest absolute Gasteiger partial charge is 0.353 e. The molecule has 3 rings (SSSR count). The molecule has 1 saturated heterocycles. The molecule has 1 aromatic rings. The second-order valence-corrected chi connectivity index (χ2v) is 6.23. The van der Waals surface area contributed by atoms with E-state index in [1.54, 1.807) is 4.90 Å². The van der Waals surface area contributed by atoms with Crippen molar-refractivity contribution in [2.75, 3.05) is 11.4 Å². The number of aryl methyl sites for hydroxylation is 1. The van der Waals surface area contributed by atoms with Gasteiger partial charge in [0.15, 0.2) is 0 Å². The fraction of sp³-hybridized carbons (Fsp3) is 0.529. The monoisotopic (exact) mass is 286 g/mol. The highest BCUT2D eigenvalue weighted by Crippen LogP contribution is 2.26. The molecule has 2 fully saturated rings. The topological polar surface area (TPSA) is 49.4 Å². The highest BCUT2D eigenvalue weighted by atomic mass is 16.2. The molecule has 0 spiro atoms. The van der Waals surface area contributed by atoms with E-state index in [1.807, 2.05) is 31.2 Å². The van der Waals surface area contributed by atoms with Crippen LogP contribution in [-0.2, 0) is 9.59 Å². The lowest BCUT2D eigenvalue weighted by molar-refractivity contribution is -0.126. The van der Waals surface area contributed by atoms with Crippen LogP contribution in [0.25, 0.3) is 0 Å². The summed E-state index contributed by atoms with van der Waals surface area (Å²) in [6.45, 7) is 2.51. The first kappa shape index (κ1) is 14.1. The molecule has 112 valence electrons. The molecule has 1 aliphatic carbocycles. The van der Waals surface area contributed by atoms with Gasteiger partial charge in [0, 0.05) is 24.7 Å². The van der Waals surface area contributed by atoms with Crippen molar-refractivity contribution in [3.8, 4) is 0 Å². The van der Waals surface area contributed by atoms with E-state index in [0.717, 1.165) is 24.1 Å². The molecule has 21 heavy (non-hydrogen) atoms. The second-order valence-electron chi connectivity index (χ2n) is 6.23. The van der Waals surface area contributed by atoms with Crippen LogP contribution in [0.5, 0.6) is 0 Å². The molecule has 1 aliphatic heterocycles. The van der Waals surface area contributed by atoms with Crippen LogP contribution in [0.1, 0.15) is 37.7 Å². The molecule has 0 aromatic heterocycles. The average Bonchev–Trinajstić information content (AvgIpc) is 3.08. The molecule has 0 radical (unpaired) electrons. The number of carbonyl (C=O) groups is 2. The quantitative estimate of drug-likeness (QED) is 0.927. The molecule has 1 atom stereocenters. The zero-order valence-corrected chi connectivity index (χ0v) is 12.5.